The molecule has 18 heavy (non-hydrogen) atoms. The molecule has 1 amide bonds. The van der Waals surface area contributed by atoms with Crippen molar-refractivity contribution in [2.24, 2.45) is 11.7 Å². The van der Waals surface area contributed by atoms with Gasteiger partial charge in [-0.15, -0.1) is 12.4 Å². The molecule has 0 heterocycles. The number of carbonyl (C=O) groups excluding carboxylic acids is 1. The van der Waals surface area contributed by atoms with Crippen molar-refractivity contribution in [3.05, 3.63) is 32.4 Å². The fourth-order valence-corrected chi connectivity index (χ4v) is 2.54. The molecule has 6 heteroatoms. The molecule has 3 nitrogen and oxygen atoms in total. The van der Waals surface area contributed by atoms with Crippen LogP contribution < -0.4 is 11.1 Å². The SMILES string of the molecule is Cl.NCC(NC(=O)c1cc(Cl)ccc1I)C1CC1. The highest BCUT2D eigenvalue weighted by Gasteiger charge is 2.31. The zero-order chi connectivity index (χ0) is 12.4. The van der Waals surface area contributed by atoms with Crippen LogP contribution >= 0.6 is 46.6 Å². The Labute approximate surface area is 131 Å². The number of carbonyl (C=O) groups is 1. The van der Waals surface area contributed by atoms with Gasteiger partial charge in [0.05, 0.1) is 5.56 Å². The fraction of sp³-hybridized carbons (Fsp3) is 0.417. The third-order valence-electron chi connectivity index (χ3n) is 2.93. The normalized spacial score (nSPS) is 15.7. The van der Waals surface area contributed by atoms with Crippen LogP contribution in [0.25, 0.3) is 0 Å². The number of hydrogen-bond acceptors (Lipinski definition) is 2. The summed E-state index contributed by atoms with van der Waals surface area (Å²) in [4.78, 5) is 12.1. The van der Waals surface area contributed by atoms with Crippen molar-refractivity contribution >= 4 is 52.5 Å². The van der Waals surface area contributed by atoms with Gasteiger partial charge in [0.15, 0.2) is 0 Å². The van der Waals surface area contributed by atoms with E-state index in [4.69, 9.17) is 17.3 Å². The molecule has 0 bridgehead atoms. The maximum atomic E-state index is 12.1. The van der Waals surface area contributed by atoms with Crippen LogP contribution in [0, 0.1) is 9.49 Å². The third kappa shape index (κ3) is 3.98. The van der Waals surface area contributed by atoms with Crippen molar-refractivity contribution < 1.29 is 4.79 Å². The highest BCUT2D eigenvalue weighted by Crippen LogP contribution is 2.32. The van der Waals surface area contributed by atoms with Gasteiger partial charge in [-0.25, -0.2) is 0 Å². The molecule has 1 fully saturated rings. The van der Waals surface area contributed by atoms with Crippen LogP contribution in [0.1, 0.15) is 23.2 Å². The molecule has 1 atom stereocenters. The average Bonchev–Trinajstić information content (AvgIpc) is 3.13. The Morgan fingerprint density at radius 2 is 2.22 bits per heavy atom. The predicted molar refractivity (Wildman–Crippen MR) is 84.4 cm³/mol. The van der Waals surface area contributed by atoms with Crippen LogP contribution in [-0.2, 0) is 0 Å². The van der Waals surface area contributed by atoms with Crippen LogP contribution in [-0.4, -0.2) is 18.5 Å². The third-order valence-corrected chi connectivity index (χ3v) is 4.11. The number of benzene rings is 1. The van der Waals surface area contributed by atoms with Gasteiger partial charge in [0, 0.05) is 21.2 Å². The Kier molecular flexibility index (Phi) is 6.17. The number of amides is 1. The number of halogens is 3. The molecule has 1 unspecified atom stereocenters. The summed E-state index contributed by atoms with van der Waals surface area (Å²) in [7, 11) is 0. The first-order chi connectivity index (χ1) is 8.11. The Balaban J connectivity index is 0.00000162. The Bertz CT molecular complexity index is 438. The molecule has 0 radical (unpaired) electrons. The van der Waals surface area contributed by atoms with E-state index in [0.717, 1.165) is 16.4 Å². The molecular formula is C12H15Cl2IN2O. The van der Waals surface area contributed by atoms with Crippen molar-refractivity contribution in [1.82, 2.24) is 5.32 Å². The second-order valence-corrected chi connectivity index (χ2v) is 5.88. The average molecular weight is 401 g/mol. The Morgan fingerprint density at radius 3 is 2.78 bits per heavy atom. The van der Waals surface area contributed by atoms with Gasteiger partial charge in [-0.05, 0) is 59.5 Å². The lowest BCUT2D eigenvalue weighted by atomic mass is 10.1. The van der Waals surface area contributed by atoms with Gasteiger partial charge in [0.2, 0.25) is 0 Å². The van der Waals surface area contributed by atoms with E-state index in [0.29, 0.717) is 23.0 Å². The quantitative estimate of drug-likeness (QED) is 0.763. The van der Waals surface area contributed by atoms with E-state index in [-0.39, 0.29) is 24.4 Å². The van der Waals surface area contributed by atoms with Crippen LogP contribution in [0.3, 0.4) is 0 Å². The second-order valence-electron chi connectivity index (χ2n) is 4.28. The predicted octanol–water partition coefficient (Wildman–Crippen LogP) is 2.83. The van der Waals surface area contributed by atoms with Crippen LogP contribution in [0.15, 0.2) is 18.2 Å². The molecule has 3 N–H and O–H groups in total. The lowest BCUT2D eigenvalue weighted by Gasteiger charge is -2.16. The highest BCUT2D eigenvalue weighted by atomic mass is 127. The summed E-state index contributed by atoms with van der Waals surface area (Å²) >= 11 is 8.03. The number of rotatable bonds is 4. The molecule has 0 aromatic heterocycles. The standard InChI is InChI=1S/C12H14ClIN2O.ClH/c13-8-3-4-10(14)9(5-8)12(17)16-11(6-15)7-1-2-7;/h3-5,7,11H,1-2,6,15H2,(H,16,17);1H. The van der Waals surface area contributed by atoms with Gasteiger partial charge in [-0.1, -0.05) is 11.6 Å². The minimum atomic E-state index is -0.0840. The summed E-state index contributed by atoms with van der Waals surface area (Å²) in [5.41, 5.74) is 6.29. The van der Waals surface area contributed by atoms with Gasteiger partial charge in [0.25, 0.3) is 5.91 Å². The molecule has 1 aliphatic rings. The van der Waals surface area contributed by atoms with Gasteiger partial charge in [0.1, 0.15) is 0 Å². The van der Waals surface area contributed by atoms with Crippen LogP contribution in [0.5, 0.6) is 0 Å². The molecule has 100 valence electrons. The van der Waals surface area contributed by atoms with E-state index in [9.17, 15) is 4.79 Å². The van der Waals surface area contributed by atoms with Gasteiger partial charge >= 0.3 is 0 Å². The summed E-state index contributed by atoms with van der Waals surface area (Å²) < 4.78 is 0.899. The monoisotopic (exact) mass is 400 g/mol. The first-order valence-electron chi connectivity index (χ1n) is 5.58. The van der Waals surface area contributed by atoms with Crippen LogP contribution in [0.4, 0.5) is 0 Å². The molecule has 2 rings (SSSR count). The molecular weight excluding hydrogens is 386 g/mol. The fourth-order valence-electron chi connectivity index (χ4n) is 1.79. The summed E-state index contributed by atoms with van der Waals surface area (Å²) in [5.74, 6) is 0.472. The maximum absolute atomic E-state index is 12.1. The van der Waals surface area contributed by atoms with Crippen LogP contribution in [0.2, 0.25) is 5.02 Å². The molecule has 0 aliphatic heterocycles. The zero-order valence-electron chi connectivity index (χ0n) is 9.66. The minimum Gasteiger partial charge on any atom is -0.348 e. The topological polar surface area (TPSA) is 55.1 Å². The summed E-state index contributed by atoms with van der Waals surface area (Å²) in [6.45, 7) is 0.494. The van der Waals surface area contributed by atoms with E-state index < -0.39 is 0 Å². The van der Waals surface area contributed by atoms with E-state index >= 15 is 0 Å². The summed E-state index contributed by atoms with van der Waals surface area (Å²) in [6, 6.07) is 5.41. The summed E-state index contributed by atoms with van der Waals surface area (Å²) in [5, 5.41) is 3.56. The minimum absolute atomic E-state index is 0. The Morgan fingerprint density at radius 1 is 1.56 bits per heavy atom. The number of hydrogen-bond donors (Lipinski definition) is 2. The largest absolute Gasteiger partial charge is 0.348 e. The molecule has 1 aromatic rings. The van der Waals surface area contributed by atoms with E-state index in [1.807, 2.05) is 6.07 Å². The first-order valence-corrected chi connectivity index (χ1v) is 7.03. The van der Waals surface area contributed by atoms with Gasteiger partial charge < -0.3 is 11.1 Å². The lowest BCUT2D eigenvalue weighted by molar-refractivity contribution is 0.0932. The molecule has 1 aliphatic carbocycles. The zero-order valence-corrected chi connectivity index (χ0v) is 13.4. The van der Waals surface area contributed by atoms with E-state index in [1.165, 1.54) is 0 Å². The number of nitrogens with two attached hydrogens (primary N) is 1. The van der Waals surface area contributed by atoms with Gasteiger partial charge in [-0.3, -0.25) is 4.79 Å². The maximum Gasteiger partial charge on any atom is 0.252 e. The Hall–Kier alpha value is -0.0400. The molecule has 0 spiro atoms. The smallest absolute Gasteiger partial charge is 0.252 e. The number of nitrogens with one attached hydrogen (secondary N) is 1. The van der Waals surface area contributed by atoms with Crippen molar-refractivity contribution in [1.29, 1.82) is 0 Å². The van der Waals surface area contributed by atoms with Gasteiger partial charge in [-0.2, -0.15) is 0 Å². The van der Waals surface area contributed by atoms with E-state index in [2.05, 4.69) is 27.9 Å². The van der Waals surface area contributed by atoms with Crippen molar-refractivity contribution in [2.75, 3.05) is 6.54 Å². The molecule has 1 aromatic carbocycles. The molecule has 0 saturated heterocycles. The lowest BCUT2D eigenvalue weighted by Crippen LogP contribution is -2.42. The second kappa shape index (κ2) is 6.93. The van der Waals surface area contributed by atoms with Crippen molar-refractivity contribution in [2.45, 2.75) is 18.9 Å². The summed E-state index contributed by atoms with van der Waals surface area (Å²) in [6.07, 6.45) is 2.32. The first kappa shape index (κ1) is 16.0. The van der Waals surface area contributed by atoms with Crippen molar-refractivity contribution in [3.63, 3.8) is 0 Å². The molecule has 1 saturated carbocycles. The highest BCUT2D eigenvalue weighted by molar-refractivity contribution is 14.1. The van der Waals surface area contributed by atoms with E-state index in [1.54, 1.807) is 12.1 Å². The van der Waals surface area contributed by atoms with Crippen molar-refractivity contribution in [3.8, 4) is 0 Å².